The number of amides is 1. The topological polar surface area (TPSA) is 59.6 Å². The number of halogens is 1. The van der Waals surface area contributed by atoms with Crippen LogP contribution in [0.4, 0.5) is 0 Å². The van der Waals surface area contributed by atoms with Gasteiger partial charge in [0.15, 0.2) is 0 Å². The summed E-state index contributed by atoms with van der Waals surface area (Å²) in [7, 11) is 1.60. The van der Waals surface area contributed by atoms with Crippen molar-refractivity contribution in [3.05, 3.63) is 28.3 Å². The molecule has 0 aromatic heterocycles. The number of methoxy groups -OCH3 is 1. The lowest BCUT2D eigenvalue weighted by atomic mass is 10.1. The molecule has 2 N–H and O–H groups in total. The fraction of sp³-hybridized carbons (Fsp3) is 0.500. The number of carbonyl (C=O) groups is 1. The molecule has 1 aliphatic rings. The van der Waals surface area contributed by atoms with Crippen LogP contribution in [0.5, 0.6) is 5.75 Å². The zero-order valence-corrected chi connectivity index (χ0v) is 12.3. The van der Waals surface area contributed by atoms with Gasteiger partial charge in [0.25, 0.3) is 0 Å². The van der Waals surface area contributed by atoms with Crippen LogP contribution in [0.2, 0.25) is 5.02 Å². The van der Waals surface area contributed by atoms with Crippen molar-refractivity contribution in [2.24, 2.45) is 0 Å². The quantitative estimate of drug-likeness (QED) is 0.741. The van der Waals surface area contributed by atoms with Crippen LogP contribution < -0.4 is 15.4 Å². The van der Waals surface area contributed by atoms with Crippen molar-refractivity contribution in [2.45, 2.75) is 13.0 Å². The van der Waals surface area contributed by atoms with E-state index in [9.17, 15) is 4.79 Å². The van der Waals surface area contributed by atoms with E-state index >= 15 is 0 Å². The van der Waals surface area contributed by atoms with Crippen molar-refractivity contribution in [1.82, 2.24) is 10.6 Å². The highest BCUT2D eigenvalue weighted by Gasteiger charge is 2.17. The molecule has 1 heterocycles. The molecule has 1 aliphatic heterocycles. The minimum Gasteiger partial charge on any atom is -0.493 e. The Labute approximate surface area is 123 Å². The van der Waals surface area contributed by atoms with Crippen LogP contribution in [0.3, 0.4) is 0 Å². The van der Waals surface area contributed by atoms with Gasteiger partial charge in [-0.3, -0.25) is 4.79 Å². The second-order valence-corrected chi connectivity index (χ2v) is 5.03. The average Bonchev–Trinajstić information content (AvgIpc) is 2.87. The van der Waals surface area contributed by atoms with Crippen LogP contribution in [-0.2, 0) is 22.5 Å². The number of ether oxygens (including phenoxy) is 2. The fourth-order valence-electron chi connectivity index (χ4n) is 2.14. The van der Waals surface area contributed by atoms with Gasteiger partial charge in [-0.25, -0.2) is 0 Å². The molecular formula is C14H19ClN2O3. The maximum atomic E-state index is 11.5. The van der Waals surface area contributed by atoms with E-state index in [1.165, 1.54) is 0 Å². The molecule has 0 saturated carbocycles. The molecule has 110 valence electrons. The maximum absolute atomic E-state index is 11.5. The monoisotopic (exact) mass is 298 g/mol. The van der Waals surface area contributed by atoms with Gasteiger partial charge in [-0.1, -0.05) is 11.6 Å². The molecular weight excluding hydrogens is 280 g/mol. The third-order valence-electron chi connectivity index (χ3n) is 3.05. The minimum atomic E-state index is -0.0540. The van der Waals surface area contributed by atoms with Crippen molar-refractivity contribution in [3.8, 4) is 5.75 Å². The summed E-state index contributed by atoms with van der Waals surface area (Å²) in [5.74, 6) is 0.850. The van der Waals surface area contributed by atoms with Crippen molar-refractivity contribution < 1.29 is 14.3 Å². The number of rotatable bonds is 7. The SMILES string of the molecule is COCCNC(=O)CNCc1cc(Cl)cc2c1OCC2. The molecule has 6 heteroatoms. The van der Waals surface area contributed by atoms with E-state index in [4.69, 9.17) is 21.1 Å². The molecule has 0 unspecified atom stereocenters. The van der Waals surface area contributed by atoms with Gasteiger partial charge < -0.3 is 20.1 Å². The first-order valence-electron chi connectivity index (χ1n) is 6.61. The zero-order valence-electron chi connectivity index (χ0n) is 11.5. The van der Waals surface area contributed by atoms with Gasteiger partial charge >= 0.3 is 0 Å². The first kappa shape index (κ1) is 15.1. The molecule has 0 atom stereocenters. The van der Waals surface area contributed by atoms with E-state index in [0.29, 0.717) is 31.3 Å². The maximum Gasteiger partial charge on any atom is 0.234 e. The number of nitrogens with one attached hydrogen (secondary N) is 2. The third-order valence-corrected chi connectivity index (χ3v) is 3.27. The van der Waals surface area contributed by atoms with E-state index in [0.717, 1.165) is 23.3 Å². The van der Waals surface area contributed by atoms with E-state index in [-0.39, 0.29) is 12.5 Å². The predicted molar refractivity (Wildman–Crippen MR) is 77.2 cm³/mol. The molecule has 0 bridgehead atoms. The molecule has 0 radical (unpaired) electrons. The van der Waals surface area contributed by atoms with Crippen molar-refractivity contribution in [3.63, 3.8) is 0 Å². The molecule has 1 aromatic carbocycles. The Hall–Kier alpha value is -1.30. The second-order valence-electron chi connectivity index (χ2n) is 4.60. The Bertz CT molecular complexity index is 480. The smallest absolute Gasteiger partial charge is 0.234 e. The number of hydrogen-bond donors (Lipinski definition) is 2. The Morgan fingerprint density at radius 3 is 3.15 bits per heavy atom. The van der Waals surface area contributed by atoms with Crippen molar-refractivity contribution in [2.75, 3.05) is 33.4 Å². The highest BCUT2D eigenvalue weighted by atomic mass is 35.5. The summed E-state index contributed by atoms with van der Waals surface area (Å²) in [4.78, 5) is 11.5. The average molecular weight is 299 g/mol. The lowest BCUT2D eigenvalue weighted by Crippen LogP contribution is -2.35. The zero-order chi connectivity index (χ0) is 14.4. The van der Waals surface area contributed by atoms with Crippen LogP contribution in [0, 0.1) is 0 Å². The van der Waals surface area contributed by atoms with Gasteiger partial charge in [0.1, 0.15) is 5.75 Å². The summed E-state index contributed by atoms with van der Waals surface area (Å²) < 4.78 is 10.5. The molecule has 0 spiro atoms. The standard InChI is InChI=1S/C14H19ClN2O3/c1-19-5-3-17-13(18)9-16-8-11-7-12(15)6-10-2-4-20-14(10)11/h6-7,16H,2-5,8-9H2,1H3,(H,17,18). The molecule has 1 amide bonds. The number of hydrogen-bond acceptors (Lipinski definition) is 4. The Kier molecular flexibility index (Phi) is 5.64. The van der Waals surface area contributed by atoms with Crippen LogP contribution in [0.15, 0.2) is 12.1 Å². The second kappa shape index (κ2) is 7.47. The molecule has 20 heavy (non-hydrogen) atoms. The largest absolute Gasteiger partial charge is 0.493 e. The number of carbonyl (C=O) groups excluding carboxylic acids is 1. The number of benzene rings is 1. The molecule has 2 rings (SSSR count). The van der Waals surface area contributed by atoms with Gasteiger partial charge in [-0.05, 0) is 17.7 Å². The van der Waals surface area contributed by atoms with Gasteiger partial charge in [0, 0.05) is 37.2 Å². The lowest BCUT2D eigenvalue weighted by molar-refractivity contribution is -0.120. The van der Waals surface area contributed by atoms with Crippen LogP contribution >= 0.6 is 11.6 Å². The molecule has 5 nitrogen and oxygen atoms in total. The van der Waals surface area contributed by atoms with Gasteiger partial charge in [-0.2, -0.15) is 0 Å². The Morgan fingerprint density at radius 1 is 1.50 bits per heavy atom. The van der Waals surface area contributed by atoms with Crippen LogP contribution in [0.25, 0.3) is 0 Å². The molecule has 0 fully saturated rings. The van der Waals surface area contributed by atoms with Crippen molar-refractivity contribution in [1.29, 1.82) is 0 Å². The van der Waals surface area contributed by atoms with Crippen LogP contribution in [-0.4, -0.2) is 39.3 Å². The Balaban J connectivity index is 1.81. The van der Waals surface area contributed by atoms with E-state index in [2.05, 4.69) is 10.6 Å². The highest BCUT2D eigenvalue weighted by Crippen LogP contribution is 2.32. The minimum absolute atomic E-state index is 0.0540. The van der Waals surface area contributed by atoms with E-state index in [1.807, 2.05) is 12.1 Å². The third kappa shape index (κ3) is 4.10. The molecule has 1 aromatic rings. The molecule has 0 saturated heterocycles. The van der Waals surface area contributed by atoms with E-state index < -0.39 is 0 Å². The number of fused-ring (bicyclic) bond motifs is 1. The van der Waals surface area contributed by atoms with E-state index in [1.54, 1.807) is 7.11 Å². The summed E-state index contributed by atoms with van der Waals surface area (Å²) in [6.45, 7) is 2.54. The summed E-state index contributed by atoms with van der Waals surface area (Å²) in [5.41, 5.74) is 2.13. The van der Waals surface area contributed by atoms with Gasteiger partial charge in [-0.15, -0.1) is 0 Å². The summed E-state index contributed by atoms with van der Waals surface area (Å²) in [6.07, 6.45) is 0.889. The fourth-order valence-corrected chi connectivity index (χ4v) is 2.41. The summed E-state index contributed by atoms with van der Waals surface area (Å²) in [5, 5.41) is 6.55. The van der Waals surface area contributed by atoms with Gasteiger partial charge in [0.05, 0.1) is 19.8 Å². The van der Waals surface area contributed by atoms with Crippen molar-refractivity contribution >= 4 is 17.5 Å². The van der Waals surface area contributed by atoms with Gasteiger partial charge in [0.2, 0.25) is 5.91 Å². The molecule has 0 aliphatic carbocycles. The summed E-state index contributed by atoms with van der Waals surface area (Å²) >= 11 is 6.08. The highest BCUT2D eigenvalue weighted by molar-refractivity contribution is 6.30. The summed E-state index contributed by atoms with van der Waals surface area (Å²) in [6, 6.07) is 3.81. The lowest BCUT2D eigenvalue weighted by Gasteiger charge is -2.10. The Morgan fingerprint density at radius 2 is 2.35 bits per heavy atom. The first-order valence-corrected chi connectivity index (χ1v) is 6.99. The first-order chi connectivity index (χ1) is 9.70. The normalized spacial score (nSPS) is 12.9. The van der Waals surface area contributed by atoms with Crippen LogP contribution in [0.1, 0.15) is 11.1 Å². The predicted octanol–water partition coefficient (Wildman–Crippen LogP) is 1.13.